The van der Waals surface area contributed by atoms with E-state index in [2.05, 4.69) is 0 Å². The van der Waals surface area contributed by atoms with Crippen LogP contribution in [0.1, 0.15) is 11.1 Å². The van der Waals surface area contributed by atoms with Gasteiger partial charge < -0.3 is 0 Å². The Morgan fingerprint density at radius 1 is 0.571 bits per heavy atom. The standard InChI is InChI=1S/C15H9F13/c1-8-2-4-9(5-3-8)6-7-10(16,17)11(18,19)12(20,21)13(22,23)14(24,25)15(26,27)28/h2-7H,1H3/b7-6+. The van der Waals surface area contributed by atoms with E-state index in [4.69, 9.17) is 0 Å². The maximum atomic E-state index is 13.5. The Morgan fingerprint density at radius 2 is 0.964 bits per heavy atom. The van der Waals surface area contributed by atoms with Gasteiger partial charge in [0, 0.05) is 0 Å². The molecule has 0 fully saturated rings. The van der Waals surface area contributed by atoms with Gasteiger partial charge in [-0.3, -0.25) is 0 Å². The van der Waals surface area contributed by atoms with E-state index in [9.17, 15) is 57.1 Å². The molecule has 13 heteroatoms. The van der Waals surface area contributed by atoms with Crippen molar-refractivity contribution in [1.82, 2.24) is 0 Å². The Kier molecular flexibility index (Phi) is 5.88. The molecule has 160 valence electrons. The second-order valence-electron chi connectivity index (χ2n) is 5.66. The molecule has 0 unspecified atom stereocenters. The molecule has 0 saturated carbocycles. The smallest absolute Gasteiger partial charge is 0.195 e. The quantitative estimate of drug-likeness (QED) is 0.433. The predicted molar refractivity (Wildman–Crippen MR) is 71.0 cm³/mol. The average Bonchev–Trinajstić information content (AvgIpc) is 2.52. The van der Waals surface area contributed by atoms with E-state index >= 15 is 0 Å². The number of aryl methyl sites for hydroxylation is 1. The van der Waals surface area contributed by atoms with E-state index in [0.717, 1.165) is 12.1 Å². The van der Waals surface area contributed by atoms with Crippen molar-refractivity contribution in [3.05, 3.63) is 41.5 Å². The Labute approximate surface area is 148 Å². The van der Waals surface area contributed by atoms with Crippen molar-refractivity contribution >= 4 is 6.08 Å². The van der Waals surface area contributed by atoms with E-state index < -0.39 is 41.9 Å². The molecule has 0 saturated heterocycles. The van der Waals surface area contributed by atoms with Crippen molar-refractivity contribution in [1.29, 1.82) is 0 Å². The highest BCUT2D eigenvalue weighted by atomic mass is 19.4. The monoisotopic (exact) mass is 436 g/mol. The highest BCUT2D eigenvalue weighted by molar-refractivity contribution is 5.51. The molecule has 1 aromatic carbocycles. The molecule has 1 rings (SSSR count). The van der Waals surface area contributed by atoms with Crippen LogP contribution in [0.5, 0.6) is 0 Å². The first kappa shape index (κ1) is 24.1. The van der Waals surface area contributed by atoms with Crippen LogP contribution in [0.3, 0.4) is 0 Å². The molecule has 1 aromatic rings. The summed E-state index contributed by atoms with van der Waals surface area (Å²) in [6, 6.07) is 4.60. The van der Waals surface area contributed by atoms with Crippen LogP contribution in [-0.4, -0.2) is 35.8 Å². The molecule has 0 aliphatic heterocycles. The van der Waals surface area contributed by atoms with Crippen molar-refractivity contribution in [2.24, 2.45) is 0 Å². The van der Waals surface area contributed by atoms with Crippen LogP contribution in [-0.2, 0) is 0 Å². The molecule has 0 atom stereocenters. The minimum Gasteiger partial charge on any atom is -0.195 e. The fourth-order valence-electron chi connectivity index (χ4n) is 1.76. The normalized spacial score (nSPS) is 15.4. The van der Waals surface area contributed by atoms with Gasteiger partial charge in [0.2, 0.25) is 0 Å². The number of hydrogen-bond acceptors (Lipinski definition) is 0. The van der Waals surface area contributed by atoms with Gasteiger partial charge in [-0.05, 0) is 18.6 Å². The van der Waals surface area contributed by atoms with Crippen LogP contribution in [0.25, 0.3) is 6.08 Å². The number of halogens is 13. The van der Waals surface area contributed by atoms with Crippen molar-refractivity contribution in [3.63, 3.8) is 0 Å². The second kappa shape index (κ2) is 6.83. The summed E-state index contributed by atoms with van der Waals surface area (Å²) in [7, 11) is 0. The fraction of sp³-hybridized carbons (Fsp3) is 0.467. The molecule has 0 N–H and O–H groups in total. The highest BCUT2D eigenvalue weighted by Gasteiger charge is 2.90. The van der Waals surface area contributed by atoms with Gasteiger partial charge in [-0.1, -0.05) is 35.9 Å². The van der Waals surface area contributed by atoms with E-state index in [1.165, 1.54) is 19.1 Å². The van der Waals surface area contributed by atoms with Crippen LogP contribution >= 0.6 is 0 Å². The average molecular weight is 436 g/mol. The van der Waals surface area contributed by atoms with Gasteiger partial charge in [0.1, 0.15) is 0 Å². The zero-order chi connectivity index (χ0) is 22.4. The molecule has 28 heavy (non-hydrogen) atoms. The molecule has 0 heterocycles. The fourth-order valence-corrected chi connectivity index (χ4v) is 1.76. The molecule has 0 aliphatic rings. The first-order chi connectivity index (χ1) is 12.2. The zero-order valence-corrected chi connectivity index (χ0v) is 13.4. The molecule has 0 spiro atoms. The summed E-state index contributed by atoms with van der Waals surface area (Å²) >= 11 is 0. The lowest BCUT2D eigenvalue weighted by Gasteiger charge is -2.39. The first-order valence-electron chi connectivity index (χ1n) is 6.94. The second-order valence-corrected chi connectivity index (χ2v) is 5.66. The highest BCUT2D eigenvalue weighted by Crippen LogP contribution is 2.60. The van der Waals surface area contributed by atoms with E-state index in [1.54, 1.807) is 0 Å². The van der Waals surface area contributed by atoms with Gasteiger partial charge in [0.05, 0.1) is 0 Å². The Morgan fingerprint density at radius 3 is 1.36 bits per heavy atom. The summed E-state index contributed by atoms with van der Waals surface area (Å²) in [6.07, 6.45) is -8.32. The van der Waals surface area contributed by atoms with Gasteiger partial charge in [-0.2, -0.15) is 57.1 Å². The van der Waals surface area contributed by atoms with Crippen LogP contribution < -0.4 is 0 Å². The van der Waals surface area contributed by atoms with E-state index in [-0.39, 0.29) is 11.6 Å². The summed E-state index contributed by atoms with van der Waals surface area (Å²) in [5, 5.41) is 0. The molecular weight excluding hydrogens is 427 g/mol. The van der Waals surface area contributed by atoms with Crippen LogP contribution in [0.4, 0.5) is 57.1 Å². The largest absolute Gasteiger partial charge is 0.460 e. The minimum atomic E-state index is -7.89. The van der Waals surface area contributed by atoms with Crippen LogP contribution in [0.15, 0.2) is 30.3 Å². The van der Waals surface area contributed by atoms with Gasteiger partial charge in [0.25, 0.3) is 0 Å². The third-order valence-corrected chi connectivity index (χ3v) is 3.52. The lowest BCUT2D eigenvalue weighted by atomic mass is 9.93. The lowest BCUT2D eigenvalue weighted by Crippen LogP contribution is -2.69. The van der Waals surface area contributed by atoms with Crippen LogP contribution in [0.2, 0.25) is 0 Å². The maximum absolute atomic E-state index is 13.5. The molecule has 0 amide bonds. The summed E-state index contributed by atoms with van der Waals surface area (Å²) in [4.78, 5) is 0. The zero-order valence-electron chi connectivity index (χ0n) is 13.4. The summed E-state index contributed by atoms with van der Waals surface area (Å²) in [5.74, 6) is -36.9. The summed E-state index contributed by atoms with van der Waals surface area (Å²) in [5.41, 5.74) is 0.270. The number of allylic oxidation sites excluding steroid dienone is 1. The van der Waals surface area contributed by atoms with Crippen molar-refractivity contribution in [2.75, 3.05) is 0 Å². The SMILES string of the molecule is Cc1ccc(/C=C/C(F)(F)C(F)(F)C(F)(F)C(F)(F)C(F)(F)C(F)(F)F)cc1. The Balaban J connectivity index is 3.38. The molecule has 0 radical (unpaired) electrons. The topological polar surface area (TPSA) is 0 Å². The van der Waals surface area contributed by atoms with Gasteiger partial charge in [-0.25, -0.2) is 0 Å². The third-order valence-electron chi connectivity index (χ3n) is 3.52. The van der Waals surface area contributed by atoms with Gasteiger partial charge >= 0.3 is 35.8 Å². The number of alkyl halides is 13. The summed E-state index contributed by atoms with van der Waals surface area (Å²) in [6.45, 7) is 1.53. The predicted octanol–water partition coefficient (Wildman–Crippen LogP) is 6.75. The van der Waals surface area contributed by atoms with E-state index in [0.29, 0.717) is 5.56 Å². The molecule has 0 bridgehead atoms. The Hall–Kier alpha value is -1.95. The van der Waals surface area contributed by atoms with Gasteiger partial charge in [0.15, 0.2) is 0 Å². The van der Waals surface area contributed by atoms with E-state index in [1.807, 2.05) is 0 Å². The van der Waals surface area contributed by atoms with Crippen LogP contribution in [0, 0.1) is 6.92 Å². The summed E-state index contributed by atoms with van der Waals surface area (Å²) < 4.78 is 168. The number of rotatable bonds is 6. The Bertz CT molecular complexity index is 710. The van der Waals surface area contributed by atoms with Crippen molar-refractivity contribution in [2.45, 2.75) is 42.7 Å². The first-order valence-corrected chi connectivity index (χ1v) is 6.94. The molecule has 0 nitrogen and oxygen atoms in total. The molecule has 0 aliphatic carbocycles. The molecular formula is C15H9F13. The number of benzene rings is 1. The van der Waals surface area contributed by atoms with Gasteiger partial charge in [-0.15, -0.1) is 0 Å². The minimum absolute atomic E-state index is 0.0868. The van der Waals surface area contributed by atoms with Crippen molar-refractivity contribution < 1.29 is 57.1 Å². The van der Waals surface area contributed by atoms with Crippen molar-refractivity contribution in [3.8, 4) is 0 Å². The number of hydrogen-bond donors (Lipinski definition) is 0. The third kappa shape index (κ3) is 3.66. The lowest BCUT2D eigenvalue weighted by molar-refractivity contribution is -0.436. The maximum Gasteiger partial charge on any atom is 0.460 e. The molecule has 0 aromatic heterocycles.